The third-order valence-corrected chi connectivity index (χ3v) is 3.08. The van der Waals surface area contributed by atoms with Gasteiger partial charge in [0.05, 0.1) is 24.9 Å². The van der Waals surface area contributed by atoms with Crippen molar-refractivity contribution in [1.82, 2.24) is 5.32 Å². The van der Waals surface area contributed by atoms with E-state index in [4.69, 9.17) is 4.74 Å². The van der Waals surface area contributed by atoms with Crippen LogP contribution in [0.3, 0.4) is 0 Å². The van der Waals surface area contributed by atoms with Gasteiger partial charge in [-0.05, 0) is 33.6 Å². The standard InChI is InChI=1S/C13H29NO3/c1-6-13(7-2,10-15)14-8-11(16)9-17-12(3,4)5/h11,14-16H,6-10H2,1-5H3. The monoisotopic (exact) mass is 247 g/mol. The Kier molecular flexibility index (Phi) is 7.24. The molecule has 0 amide bonds. The Morgan fingerprint density at radius 1 is 1.18 bits per heavy atom. The van der Waals surface area contributed by atoms with Crippen molar-refractivity contribution in [2.45, 2.75) is 64.7 Å². The second-order valence-corrected chi connectivity index (χ2v) is 5.60. The van der Waals surface area contributed by atoms with E-state index in [0.717, 1.165) is 12.8 Å². The maximum absolute atomic E-state index is 9.79. The molecule has 0 bridgehead atoms. The first-order chi connectivity index (χ1) is 7.78. The van der Waals surface area contributed by atoms with Crippen LogP contribution in [0.5, 0.6) is 0 Å². The molecule has 0 heterocycles. The first-order valence-electron chi connectivity index (χ1n) is 6.46. The van der Waals surface area contributed by atoms with Gasteiger partial charge in [-0.3, -0.25) is 0 Å². The summed E-state index contributed by atoms with van der Waals surface area (Å²) < 4.78 is 5.50. The quantitative estimate of drug-likeness (QED) is 0.605. The molecule has 0 fully saturated rings. The van der Waals surface area contributed by atoms with Crippen LogP contribution in [0, 0.1) is 0 Å². The molecule has 0 saturated heterocycles. The van der Waals surface area contributed by atoms with E-state index in [9.17, 15) is 10.2 Å². The van der Waals surface area contributed by atoms with E-state index >= 15 is 0 Å². The molecule has 104 valence electrons. The molecule has 3 N–H and O–H groups in total. The summed E-state index contributed by atoms with van der Waals surface area (Å²) in [5.41, 5.74) is -0.507. The van der Waals surface area contributed by atoms with Crippen molar-refractivity contribution < 1.29 is 14.9 Å². The highest BCUT2D eigenvalue weighted by atomic mass is 16.5. The van der Waals surface area contributed by atoms with Crippen molar-refractivity contribution in [3.63, 3.8) is 0 Å². The maximum atomic E-state index is 9.79. The number of nitrogens with one attached hydrogen (secondary N) is 1. The van der Waals surface area contributed by atoms with Crippen LogP contribution in [-0.2, 0) is 4.74 Å². The minimum absolute atomic E-state index is 0.0901. The summed E-state index contributed by atoms with van der Waals surface area (Å²) in [6, 6.07) is 0. The fourth-order valence-electron chi connectivity index (χ4n) is 1.52. The van der Waals surface area contributed by atoms with Crippen LogP contribution in [0.4, 0.5) is 0 Å². The highest BCUT2D eigenvalue weighted by Gasteiger charge is 2.25. The molecule has 0 saturated carbocycles. The molecule has 0 rings (SSSR count). The Bertz CT molecular complexity index is 189. The molecular weight excluding hydrogens is 218 g/mol. The van der Waals surface area contributed by atoms with Crippen molar-refractivity contribution in [1.29, 1.82) is 0 Å². The van der Waals surface area contributed by atoms with Gasteiger partial charge in [-0.1, -0.05) is 13.8 Å². The summed E-state index contributed by atoms with van der Waals surface area (Å²) in [5, 5.41) is 22.4. The Morgan fingerprint density at radius 3 is 2.06 bits per heavy atom. The van der Waals surface area contributed by atoms with Crippen molar-refractivity contribution in [3.05, 3.63) is 0 Å². The minimum atomic E-state index is -0.543. The summed E-state index contributed by atoms with van der Waals surface area (Å²) >= 11 is 0. The van der Waals surface area contributed by atoms with Crippen LogP contribution in [0.2, 0.25) is 0 Å². The van der Waals surface area contributed by atoms with E-state index in [0.29, 0.717) is 13.2 Å². The smallest absolute Gasteiger partial charge is 0.0898 e. The lowest BCUT2D eigenvalue weighted by molar-refractivity contribution is -0.0502. The fraction of sp³-hybridized carbons (Fsp3) is 1.00. The lowest BCUT2D eigenvalue weighted by atomic mass is 9.94. The molecule has 0 aromatic carbocycles. The first kappa shape index (κ1) is 16.8. The zero-order valence-electron chi connectivity index (χ0n) is 11.9. The third kappa shape index (κ3) is 6.99. The lowest BCUT2D eigenvalue weighted by Gasteiger charge is -2.32. The Labute approximate surface area is 105 Å². The maximum Gasteiger partial charge on any atom is 0.0898 e. The number of hydrogen-bond donors (Lipinski definition) is 3. The summed E-state index contributed by atoms with van der Waals surface area (Å²) in [7, 11) is 0. The van der Waals surface area contributed by atoms with Gasteiger partial charge in [0.15, 0.2) is 0 Å². The normalized spacial score (nSPS) is 15.0. The predicted molar refractivity (Wildman–Crippen MR) is 70.1 cm³/mol. The summed E-state index contributed by atoms with van der Waals surface area (Å²) in [6.45, 7) is 10.8. The second-order valence-electron chi connectivity index (χ2n) is 5.60. The summed E-state index contributed by atoms with van der Waals surface area (Å²) in [5.74, 6) is 0. The summed E-state index contributed by atoms with van der Waals surface area (Å²) in [4.78, 5) is 0. The highest BCUT2D eigenvalue weighted by molar-refractivity contribution is 4.85. The fourth-order valence-corrected chi connectivity index (χ4v) is 1.52. The van der Waals surface area contributed by atoms with Crippen molar-refractivity contribution >= 4 is 0 Å². The summed E-state index contributed by atoms with van der Waals surface area (Å²) in [6.07, 6.45) is 1.14. The van der Waals surface area contributed by atoms with E-state index < -0.39 is 6.10 Å². The van der Waals surface area contributed by atoms with Gasteiger partial charge in [0.2, 0.25) is 0 Å². The van der Waals surface area contributed by atoms with Crippen molar-refractivity contribution in [2.75, 3.05) is 19.8 Å². The molecule has 0 spiro atoms. The Hall–Kier alpha value is -0.160. The van der Waals surface area contributed by atoms with Crippen LogP contribution in [0.15, 0.2) is 0 Å². The molecule has 0 aromatic rings. The SMILES string of the molecule is CCC(CC)(CO)NCC(O)COC(C)(C)C. The second kappa shape index (κ2) is 7.31. The Morgan fingerprint density at radius 2 is 1.71 bits per heavy atom. The lowest BCUT2D eigenvalue weighted by Crippen LogP contribution is -2.51. The molecule has 0 aliphatic heterocycles. The van der Waals surface area contributed by atoms with Gasteiger partial charge in [-0.15, -0.1) is 0 Å². The van der Waals surface area contributed by atoms with Crippen LogP contribution in [-0.4, -0.2) is 47.2 Å². The van der Waals surface area contributed by atoms with Gasteiger partial charge in [-0.25, -0.2) is 0 Å². The molecule has 4 heteroatoms. The molecule has 17 heavy (non-hydrogen) atoms. The van der Waals surface area contributed by atoms with Gasteiger partial charge in [0.1, 0.15) is 0 Å². The average Bonchev–Trinajstić information content (AvgIpc) is 2.28. The number of rotatable bonds is 8. The minimum Gasteiger partial charge on any atom is -0.394 e. The average molecular weight is 247 g/mol. The van der Waals surface area contributed by atoms with E-state index in [1.54, 1.807) is 0 Å². The Balaban J connectivity index is 4.01. The van der Waals surface area contributed by atoms with E-state index in [1.165, 1.54) is 0 Å². The molecule has 4 nitrogen and oxygen atoms in total. The molecule has 0 aliphatic carbocycles. The van der Waals surface area contributed by atoms with E-state index in [2.05, 4.69) is 5.32 Å². The van der Waals surface area contributed by atoms with E-state index in [-0.39, 0.29) is 17.7 Å². The van der Waals surface area contributed by atoms with Gasteiger partial charge in [-0.2, -0.15) is 0 Å². The highest BCUT2D eigenvalue weighted by Crippen LogP contribution is 2.14. The zero-order valence-corrected chi connectivity index (χ0v) is 11.9. The molecule has 0 aromatic heterocycles. The van der Waals surface area contributed by atoms with Crippen molar-refractivity contribution in [3.8, 4) is 0 Å². The van der Waals surface area contributed by atoms with Gasteiger partial charge < -0.3 is 20.3 Å². The van der Waals surface area contributed by atoms with Crippen LogP contribution >= 0.6 is 0 Å². The van der Waals surface area contributed by atoms with Crippen LogP contribution in [0.25, 0.3) is 0 Å². The van der Waals surface area contributed by atoms with Gasteiger partial charge in [0.25, 0.3) is 0 Å². The van der Waals surface area contributed by atoms with Gasteiger partial charge >= 0.3 is 0 Å². The third-order valence-electron chi connectivity index (χ3n) is 3.08. The largest absolute Gasteiger partial charge is 0.394 e. The molecule has 1 unspecified atom stereocenters. The molecule has 0 aliphatic rings. The number of aliphatic hydroxyl groups excluding tert-OH is 2. The molecule has 1 atom stereocenters. The molecular formula is C13H29NO3. The zero-order chi connectivity index (χ0) is 13.5. The first-order valence-corrected chi connectivity index (χ1v) is 6.46. The predicted octanol–water partition coefficient (Wildman–Crippen LogP) is 1.30. The topological polar surface area (TPSA) is 61.7 Å². The number of aliphatic hydroxyl groups is 2. The number of ether oxygens (including phenoxy) is 1. The van der Waals surface area contributed by atoms with Crippen molar-refractivity contribution in [2.24, 2.45) is 0 Å². The number of β-amino-alcohol motifs (C(OH)–C–C–N with tert-alkyl or cyclic N) is 1. The van der Waals surface area contributed by atoms with E-state index in [1.807, 2.05) is 34.6 Å². The molecule has 0 radical (unpaired) electrons. The van der Waals surface area contributed by atoms with Crippen LogP contribution < -0.4 is 5.32 Å². The van der Waals surface area contributed by atoms with Crippen LogP contribution in [0.1, 0.15) is 47.5 Å². The number of hydrogen-bond acceptors (Lipinski definition) is 4. The van der Waals surface area contributed by atoms with Gasteiger partial charge in [0, 0.05) is 12.1 Å².